The van der Waals surface area contributed by atoms with E-state index in [9.17, 15) is 30.6 Å². The van der Waals surface area contributed by atoms with E-state index < -0.39 is 0 Å². The Labute approximate surface area is 699 Å². The molecule has 0 unspecified atom stereocenters. The van der Waals surface area contributed by atoms with Crippen molar-refractivity contribution < 1.29 is 131 Å². The Hall–Kier alpha value is -10.8. The van der Waals surface area contributed by atoms with Crippen LogP contribution in [0.3, 0.4) is 0 Å². The van der Waals surface area contributed by atoms with Crippen LogP contribution in [0.5, 0.6) is 34.5 Å². The zero-order valence-electron chi connectivity index (χ0n) is 59.2. The normalized spacial score (nSPS) is 10.4. The van der Waals surface area contributed by atoms with Crippen LogP contribution < -0.4 is 0 Å². The topological polar surface area (TPSA) is 196 Å². The molecule has 0 bridgehead atoms. The summed E-state index contributed by atoms with van der Waals surface area (Å²) in [4.78, 5) is 26.1. The van der Waals surface area contributed by atoms with Gasteiger partial charge in [0.05, 0.1) is 34.1 Å². The molecule has 0 atom stereocenters. The first-order valence-corrected chi connectivity index (χ1v) is 33.1. The molecule has 0 aliphatic rings. The molecule has 0 heterocycles. The number of phenolic OH excluding ortho intramolecular Hbond substituents is 6. The van der Waals surface area contributed by atoms with Crippen molar-refractivity contribution in [3.63, 3.8) is 0 Å². The SMILES string of the molecule is CC(=Nc1ccccc1)c1ccccc1O.Cc1cccc(C=Nc2ccccc2)c1O.Cc1cccc(C=Nc2ccccc2)c1O.Oc1c(C=Nc2ccccc2)cccc1-c1ccccc1.Oc1ccc2ccccc2c1C=Nc1ccccc1.Oc1ccccc1C=Nc1ccccc1.[Co].[Co].[Co].[Co].[Co].[Co]. The van der Waals surface area contributed by atoms with Gasteiger partial charge < -0.3 is 30.6 Å². The van der Waals surface area contributed by atoms with Crippen molar-refractivity contribution in [2.75, 3.05) is 0 Å². The van der Waals surface area contributed by atoms with E-state index in [1.54, 1.807) is 61.4 Å². The minimum absolute atomic E-state index is 0. The van der Waals surface area contributed by atoms with E-state index in [2.05, 4.69) is 30.0 Å². The maximum atomic E-state index is 10.4. The number of aliphatic imine (C=N–C) groups is 6. The Kier molecular flexibility index (Phi) is 43.0. The number of nitrogens with zero attached hydrogens (tertiary/aromatic N) is 6. The van der Waals surface area contributed by atoms with Crippen LogP contribution >= 0.6 is 0 Å². The molecule has 0 aliphatic carbocycles. The molecule has 14 rings (SSSR count). The van der Waals surface area contributed by atoms with Crippen molar-refractivity contribution in [1.29, 1.82) is 0 Å². The van der Waals surface area contributed by atoms with Gasteiger partial charge in [-0.05, 0) is 170 Å². The van der Waals surface area contributed by atoms with Crippen molar-refractivity contribution in [3.8, 4) is 45.6 Å². The van der Waals surface area contributed by atoms with Crippen LogP contribution in [0.15, 0.2) is 382 Å². The van der Waals surface area contributed by atoms with Crippen molar-refractivity contribution >= 4 is 81.7 Å². The second kappa shape index (κ2) is 50.7. The summed E-state index contributed by atoms with van der Waals surface area (Å²) in [6.07, 6.45) is 8.42. The van der Waals surface area contributed by atoms with Crippen molar-refractivity contribution in [1.82, 2.24) is 0 Å². The summed E-state index contributed by atoms with van der Waals surface area (Å²) in [6, 6.07) is 111. The maximum Gasteiger partial charge on any atom is 0.132 e. The Bertz CT molecular complexity index is 5050. The number of fused-ring (bicyclic) bond motifs is 1. The molecule has 562 valence electrons. The molecule has 0 saturated heterocycles. The minimum atomic E-state index is 0. The van der Waals surface area contributed by atoms with Gasteiger partial charge in [0.1, 0.15) is 34.5 Å². The van der Waals surface area contributed by atoms with Gasteiger partial charge in [-0.3, -0.25) is 30.0 Å². The fourth-order valence-corrected chi connectivity index (χ4v) is 9.93. The molecule has 18 heteroatoms. The van der Waals surface area contributed by atoms with Crippen LogP contribution in [0.4, 0.5) is 34.1 Å². The van der Waals surface area contributed by atoms with E-state index in [0.29, 0.717) is 17.1 Å². The standard InChI is InChI=1S/C19H15NO.C17H13NO.3C14H13NO.C13H11NO.6Co/c21-19-16(14-20-17-11-5-2-6-12-17)10-7-13-18(19)15-8-3-1-4-9-15;19-17-11-10-13-6-4-5-9-15(13)16(17)12-18-14-7-2-1-3-8-14;2*1-11-6-5-7-12(14(11)16)10-15-13-8-3-2-4-9-13;1-11(13-9-5-6-10-14(13)16)15-12-7-3-2-4-8-12;15-13-9-5-4-6-11(13)10-14-12-7-2-1-3-8-12;;;;;;/h1-14,21H;1-12,19H;3*2-10,16H,1H3;1-10,15H;;;;;;. The quantitative estimate of drug-likeness (QED) is 0.0621. The fraction of sp³-hybridized carbons (Fsp3) is 0.0330. The second-order valence-corrected chi connectivity index (χ2v) is 22.9. The van der Waals surface area contributed by atoms with Crippen LogP contribution in [0.25, 0.3) is 21.9 Å². The van der Waals surface area contributed by atoms with Gasteiger partial charge in [-0.15, -0.1) is 0 Å². The number of phenols is 6. The maximum absolute atomic E-state index is 10.4. The van der Waals surface area contributed by atoms with Crippen molar-refractivity contribution in [3.05, 3.63) is 396 Å². The zero-order chi connectivity index (χ0) is 72.2. The van der Waals surface area contributed by atoms with Gasteiger partial charge in [0.15, 0.2) is 0 Å². The first kappa shape index (κ1) is 92.4. The first-order valence-electron chi connectivity index (χ1n) is 33.1. The number of aryl methyl sites for hydroxylation is 2. The molecule has 6 radical (unpaired) electrons. The summed E-state index contributed by atoms with van der Waals surface area (Å²) in [5.41, 5.74) is 14.0. The summed E-state index contributed by atoms with van der Waals surface area (Å²) in [5, 5.41) is 61.3. The molecule has 14 aromatic carbocycles. The Balaban J connectivity index is 0.000000337. The van der Waals surface area contributed by atoms with Crippen LogP contribution in [-0.4, -0.2) is 67.4 Å². The van der Waals surface area contributed by atoms with Crippen LogP contribution in [-0.2, 0) is 101 Å². The average molecular weight is 1710 g/mol. The van der Waals surface area contributed by atoms with Crippen LogP contribution in [0, 0.1) is 13.8 Å². The Morgan fingerprint density at radius 2 is 0.578 bits per heavy atom. The van der Waals surface area contributed by atoms with E-state index in [1.807, 2.05) is 342 Å². The summed E-state index contributed by atoms with van der Waals surface area (Å²) >= 11 is 0. The molecule has 0 amide bonds. The zero-order valence-corrected chi connectivity index (χ0v) is 65.5. The first-order chi connectivity index (χ1) is 50.4. The largest absolute Gasteiger partial charge is 0.507 e. The molecule has 14 aromatic rings. The van der Waals surface area contributed by atoms with Crippen molar-refractivity contribution in [2.24, 2.45) is 30.0 Å². The van der Waals surface area contributed by atoms with E-state index in [1.165, 1.54) is 0 Å². The summed E-state index contributed by atoms with van der Waals surface area (Å²) < 4.78 is 0. The monoisotopic (exact) mass is 1700 g/mol. The number of benzene rings is 14. The third-order valence-corrected chi connectivity index (χ3v) is 15.5. The molecule has 6 N–H and O–H groups in total. The molecule has 0 fully saturated rings. The van der Waals surface area contributed by atoms with Gasteiger partial charge in [-0.1, -0.05) is 231 Å². The van der Waals surface area contributed by atoms with Gasteiger partial charge in [-0.25, -0.2) is 0 Å². The summed E-state index contributed by atoms with van der Waals surface area (Å²) in [5.74, 6) is 1.60. The van der Waals surface area contributed by atoms with Crippen LogP contribution in [0.2, 0.25) is 0 Å². The van der Waals surface area contributed by atoms with E-state index in [-0.39, 0.29) is 124 Å². The van der Waals surface area contributed by atoms with Gasteiger partial charge in [0.25, 0.3) is 0 Å². The second-order valence-electron chi connectivity index (χ2n) is 22.9. The third-order valence-electron chi connectivity index (χ3n) is 15.5. The summed E-state index contributed by atoms with van der Waals surface area (Å²) in [7, 11) is 0. The average Bonchev–Trinajstić information content (AvgIpc) is 0.816. The van der Waals surface area contributed by atoms with Crippen LogP contribution in [0.1, 0.15) is 51.4 Å². The molecule has 0 aliphatic heterocycles. The summed E-state index contributed by atoms with van der Waals surface area (Å²) in [6.45, 7) is 5.63. The number of rotatable bonds is 13. The molecular weight excluding hydrogens is 1630 g/mol. The molecular formula is C91H78Co6N6O6. The Morgan fingerprint density at radius 1 is 0.257 bits per heavy atom. The van der Waals surface area contributed by atoms with Crippen molar-refractivity contribution in [2.45, 2.75) is 20.8 Å². The van der Waals surface area contributed by atoms with Gasteiger partial charge in [0.2, 0.25) is 0 Å². The van der Waals surface area contributed by atoms with E-state index in [0.717, 1.165) is 101 Å². The minimum Gasteiger partial charge on any atom is -0.507 e. The number of aromatic hydroxyl groups is 6. The molecule has 0 saturated carbocycles. The Morgan fingerprint density at radius 3 is 1.00 bits per heavy atom. The fourth-order valence-electron chi connectivity index (χ4n) is 9.93. The van der Waals surface area contributed by atoms with E-state index >= 15 is 0 Å². The van der Waals surface area contributed by atoms with Gasteiger partial charge in [-0.2, -0.15) is 0 Å². The number of hydrogen-bond donors (Lipinski definition) is 6. The predicted octanol–water partition coefficient (Wildman–Crippen LogP) is 22.7. The molecule has 12 nitrogen and oxygen atoms in total. The molecule has 0 spiro atoms. The van der Waals surface area contributed by atoms with E-state index in [4.69, 9.17) is 0 Å². The predicted molar refractivity (Wildman–Crippen MR) is 428 cm³/mol. The van der Waals surface area contributed by atoms with Gasteiger partial charge in [0, 0.05) is 176 Å². The molecule has 0 aromatic heterocycles. The number of hydrogen-bond acceptors (Lipinski definition) is 12. The molecule has 109 heavy (non-hydrogen) atoms. The smallest absolute Gasteiger partial charge is 0.132 e. The third kappa shape index (κ3) is 30.4. The number of para-hydroxylation sites is 11. The van der Waals surface area contributed by atoms with Gasteiger partial charge >= 0.3 is 0 Å².